The van der Waals surface area contributed by atoms with Crippen molar-refractivity contribution in [1.82, 2.24) is 5.32 Å². The van der Waals surface area contributed by atoms with E-state index in [-0.39, 0.29) is 0 Å². The van der Waals surface area contributed by atoms with Gasteiger partial charge >= 0.3 is 5.97 Å². The van der Waals surface area contributed by atoms with Crippen LogP contribution in [0.5, 0.6) is 0 Å². The Hall–Kier alpha value is -0.790. The first-order valence-corrected chi connectivity index (χ1v) is 7.40. The molecule has 0 rings (SSSR count). The summed E-state index contributed by atoms with van der Waals surface area (Å²) in [5.41, 5.74) is 11.0. The zero-order chi connectivity index (χ0) is 14.0. The van der Waals surface area contributed by atoms with E-state index in [2.05, 4.69) is 5.32 Å². The number of carboxylic acids is 1. The molecule has 0 aliphatic carbocycles. The number of carbonyl (C=O) groups excluding carboxylic acids is 1. The molecular formula is C11H23N3O3S. The van der Waals surface area contributed by atoms with Gasteiger partial charge in [0.25, 0.3) is 0 Å². The molecule has 0 heterocycles. The quantitative estimate of drug-likeness (QED) is 0.409. The molecule has 0 spiro atoms. The van der Waals surface area contributed by atoms with E-state index in [9.17, 15) is 9.59 Å². The second kappa shape index (κ2) is 10.2. The van der Waals surface area contributed by atoms with Gasteiger partial charge in [0.05, 0.1) is 6.04 Å². The van der Waals surface area contributed by atoms with E-state index in [4.69, 9.17) is 16.6 Å². The van der Waals surface area contributed by atoms with Crippen LogP contribution >= 0.6 is 11.8 Å². The summed E-state index contributed by atoms with van der Waals surface area (Å²) in [4.78, 5) is 22.6. The number of nitrogens with one attached hydrogen (secondary N) is 1. The number of nitrogens with two attached hydrogens (primary N) is 2. The highest BCUT2D eigenvalue weighted by Crippen LogP contribution is 2.03. The number of amides is 1. The van der Waals surface area contributed by atoms with Gasteiger partial charge in [-0.15, -0.1) is 0 Å². The summed E-state index contributed by atoms with van der Waals surface area (Å²) in [5, 5.41) is 11.4. The monoisotopic (exact) mass is 277 g/mol. The van der Waals surface area contributed by atoms with E-state index in [1.165, 1.54) is 11.8 Å². The van der Waals surface area contributed by atoms with Gasteiger partial charge in [0.15, 0.2) is 0 Å². The predicted octanol–water partition coefficient (Wildman–Crippen LogP) is -0.235. The third kappa shape index (κ3) is 7.52. The van der Waals surface area contributed by atoms with E-state index in [1.54, 1.807) is 0 Å². The van der Waals surface area contributed by atoms with Crippen molar-refractivity contribution in [1.29, 1.82) is 0 Å². The third-order valence-electron chi connectivity index (χ3n) is 2.53. The van der Waals surface area contributed by atoms with Gasteiger partial charge in [-0.2, -0.15) is 11.8 Å². The molecule has 0 saturated heterocycles. The van der Waals surface area contributed by atoms with Gasteiger partial charge in [0.2, 0.25) is 5.91 Å². The summed E-state index contributed by atoms with van der Waals surface area (Å²) in [6.45, 7) is 0.569. The largest absolute Gasteiger partial charge is 0.480 e. The van der Waals surface area contributed by atoms with Crippen molar-refractivity contribution in [3.05, 3.63) is 0 Å². The number of hydrogen-bond donors (Lipinski definition) is 4. The van der Waals surface area contributed by atoms with E-state index in [0.29, 0.717) is 25.1 Å². The van der Waals surface area contributed by atoms with Crippen molar-refractivity contribution in [2.24, 2.45) is 11.5 Å². The molecule has 0 aliphatic rings. The molecule has 0 radical (unpaired) electrons. The van der Waals surface area contributed by atoms with Crippen LogP contribution in [0.25, 0.3) is 0 Å². The van der Waals surface area contributed by atoms with Crippen molar-refractivity contribution in [2.75, 3.05) is 18.6 Å². The molecule has 1 amide bonds. The van der Waals surface area contributed by atoms with Crippen LogP contribution < -0.4 is 16.8 Å². The lowest BCUT2D eigenvalue weighted by Crippen LogP contribution is -2.48. The molecule has 1 unspecified atom stereocenters. The Morgan fingerprint density at radius 2 is 2.00 bits per heavy atom. The van der Waals surface area contributed by atoms with Crippen molar-refractivity contribution >= 4 is 23.6 Å². The Labute approximate surface area is 112 Å². The van der Waals surface area contributed by atoms with Gasteiger partial charge in [-0.3, -0.25) is 4.79 Å². The standard InChI is InChI=1S/C11H23N3O3S/c1-18-7-5-9(11(16)17)14-10(15)8(13)4-2-3-6-12/h8-9H,2-7,12-13H2,1H3,(H,14,15)(H,16,17)/t8?,9-/m0/s1. The number of carbonyl (C=O) groups is 2. The third-order valence-corrected chi connectivity index (χ3v) is 3.18. The Bertz CT molecular complexity index is 264. The van der Waals surface area contributed by atoms with Crippen LogP contribution in [-0.4, -0.2) is 47.6 Å². The van der Waals surface area contributed by atoms with E-state index < -0.39 is 24.0 Å². The highest BCUT2D eigenvalue weighted by atomic mass is 32.2. The fraction of sp³-hybridized carbons (Fsp3) is 0.818. The zero-order valence-electron chi connectivity index (χ0n) is 10.7. The van der Waals surface area contributed by atoms with Crippen LogP contribution in [0.2, 0.25) is 0 Å². The first kappa shape index (κ1) is 17.2. The molecule has 0 aromatic carbocycles. The van der Waals surface area contributed by atoms with E-state index >= 15 is 0 Å². The van der Waals surface area contributed by atoms with Gasteiger partial charge in [-0.1, -0.05) is 6.42 Å². The zero-order valence-corrected chi connectivity index (χ0v) is 11.5. The van der Waals surface area contributed by atoms with Crippen molar-refractivity contribution in [3.8, 4) is 0 Å². The maximum absolute atomic E-state index is 11.7. The number of aliphatic carboxylic acids is 1. The minimum atomic E-state index is -1.02. The topological polar surface area (TPSA) is 118 Å². The molecule has 6 N–H and O–H groups in total. The lowest BCUT2D eigenvalue weighted by molar-refractivity contribution is -0.142. The van der Waals surface area contributed by atoms with Gasteiger partial charge in [-0.05, 0) is 37.8 Å². The average Bonchev–Trinajstić information content (AvgIpc) is 2.33. The number of carboxylic acid groups (broad SMARTS) is 1. The van der Waals surface area contributed by atoms with Crippen LogP contribution in [0.4, 0.5) is 0 Å². The molecule has 6 nitrogen and oxygen atoms in total. The summed E-state index contributed by atoms with van der Waals surface area (Å²) in [6, 6.07) is -1.52. The summed E-state index contributed by atoms with van der Waals surface area (Å²) >= 11 is 1.54. The minimum Gasteiger partial charge on any atom is -0.480 e. The fourth-order valence-electron chi connectivity index (χ4n) is 1.41. The molecule has 0 aromatic heterocycles. The number of rotatable bonds is 10. The number of unbranched alkanes of at least 4 members (excludes halogenated alkanes) is 1. The Morgan fingerprint density at radius 1 is 1.33 bits per heavy atom. The summed E-state index contributed by atoms with van der Waals surface area (Å²) < 4.78 is 0. The molecule has 106 valence electrons. The van der Waals surface area contributed by atoms with Crippen molar-refractivity contribution in [3.63, 3.8) is 0 Å². The Morgan fingerprint density at radius 3 is 2.50 bits per heavy atom. The number of hydrogen-bond acceptors (Lipinski definition) is 5. The minimum absolute atomic E-state index is 0.401. The van der Waals surface area contributed by atoms with Crippen LogP contribution in [0.3, 0.4) is 0 Å². The smallest absolute Gasteiger partial charge is 0.326 e. The Kier molecular flexibility index (Phi) is 9.72. The van der Waals surface area contributed by atoms with E-state index in [1.807, 2.05) is 6.26 Å². The van der Waals surface area contributed by atoms with Gasteiger partial charge < -0.3 is 21.9 Å². The molecule has 18 heavy (non-hydrogen) atoms. The second-order valence-corrected chi connectivity index (χ2v) is 5.06. The first-order valence-electron chi connectivity index (χ1n) is 6.00. The lowest BCUT2D eigenvalue weighted by Gasteiger charge is -2.17. The lowest BCUT2D eigenvalue weighted by atomic mass is 10.1. The first-order chi connectivity index (χ1) is 8.52. The maximum atomic E-state index is 11.7. The molecule has 2 atom stereocenters. The molecule has 7 heteroatoms. The van der Waals surface area contributed by atoms with Crippen LogP contribution in [0.15, 0.2) is 0 Å². The molecular weight excluding hydrogens is 254 g/mol. The highest BCUT2D eigenvalue weighted by molar-refractivity contribution is 7.98. The molecule has 0 aliphatic heterocycles. The summed E-state index contributed by atoms with van der Waals surface area (Å²) in [6.07, 6.45) is 4.40. The maximum Gasteiger partial charge on any atom is 0.326 e. The van der Waals surface area contributed by atoms with Crippen LogP contribution in [-0.2, 0) is 9.59 Å². The SMILES string of the molecule is CSCC[C@H](NC(=O)C(N)CCCCN)C(=O)O. The summed E-state index contributed by atoms with van der Waals surface area (Å²) in [7, 11) is 0. The number of thioether (sulfide) groups is 1. The normalized spacial score (nSPS) is 13.9. The van der Waals surface area contributed by atoms with Crippen molar-refractivity contribution in [2.45, 2.75) is 37.8 Å². The molecule has 0 aromatic rings. The average molecular weight is 277 g/mol. The van der Waals surface area contributed by atoms with Crippen molar-refractivity contribution < 1.29 is 14.7 Å². The second-order valence-electron chi connectivity index (χ2n) is 4.07. The van der Waals surface area contributed by atoms with Gasteiger partial charge in [-0.25, -0.2) is 4.79 Å². The van der Waals surface area contributed by atoms with Crippen LogP contribution in [0, 0.1) is 0 Å². The predicted molar refractivity (Wildman–Crippen MR) is 73.4 cm³/mol. The van der Waals surface area contributed by atoms with Gasteiger partial charge in [0.1, 0.15) is 6.04 Å². The van der Waals surface area contributed by atoms with E-state index in [0.717, 1.165) is 12.8 Å². The highest BCUT2D eigenvalue weighted by Gasteiger charge is 2.22. The molecule has 0 bridgehead atoms. The molecule has 0 saturated carbocycles. The molecule has 0 fully saturated rings. The van der Waals surface area contributed by atoms with Gasteiger partial charge in [0, 0.05) is 0 Å². The fourth-order valence-corrected chi connectivity index (χ4v) is 1.88. The Balaban J connectivity index is 4.10. The van der Waals surface area contributed by atoms with Crippen LogP contribution in [0.1, 0.15) is 25.7 Å². The summed E-state index contributed by atoms with van der Waals surface area (Å²) in [5.74, 6) is -0.744.